The molecular formula is C18H34N2O. The minimum Gasteiger partial charge on any atom is -0.341 e. The Morgan fingerprint density at radius 2 is 1.57 bits per heavy atom. The zero-order valence-electron chi connectivity index (χ0n) is 14.7. The highest BCUT2D eigenvalue weighted by molar-refractivity contribution is 5.81. The fourth-order valence-electron chi connectivity index (χ4n) is 4.78. The summed E-state index contributed by atoms with van der Waals surface area (Å²) < 4.78 is 0. The van der Waals surface area contributed by atoms with Gasteiger partial charge >= 0.3 is 0 Å². The fourth-order valence-corrected chi connectivity index (χ4v) is 4.78. The Morgan fingerprint density at radius 3 is 2.10 bits per heavy atom. The van der Waals surface area contributed by atoms with Crippen molar-refractivity contribution >= 4 is 5.91 Å². The van der Waals surface area contributed by atoms with E-state index in [0.29, 0.717) is 22.8 Å². The van der Waals surface area contributed by atoms with Crippen LogP contribution in [-0.4, -0.2) is 36.0 Å². The Bertz CT molecular complexity index is 353. The number of carbonyl (C=O) groups excluding carboxylic acids is 1. The maximum absolute atomic E-state index is 12.6. The molecule has 1 atom stereocenters. The lowest BCUT2D eigenvalue weighted by Crippen LogP contribution is -2.53. The molecule has 2 rings (SSSR count). The Hall–Kier alpha value is -0.570. The second-order valence-electron chi connectivity index (χ2n) is 8.88. The molecule has 2 fully saturated rings. The number of hydrogen-bond acceptors (Lipinski definition) is 2. The van der Waals surface area contributed by atoms with Gasteiger partial charge in [0.2, 0.25) is 5.91 Å². The van der Waals surface area contributed by atoms with Gasteiger partial charge in [0.1, 0.15) is 0 Å². The molecule has 1 heterocycles. The minimum atomic E-state index is -0.0437. The van der Waals surface area contributed by atoms with Crippen molar-refractivity contribution in [2.45, 2.75) is 85.2 Å². The molecule has 1 amide bonds. The Labute approximate surface area is 130 Å². The van der Waals surface area contributed by atoms with Crippen LogP contribution in [0.15, 0.2) is 0 Å². The van der Waals surface area contributed by atoms with Crippen LogP contribution >= 0.6 is 0 Å². The third-order valence-electron chi connectivity index (χ3n) is 5.08. The number of nitrogens with zero attached hydrogens (tertiary/aromatic N) is 1. The summed E-state index contributed by atoms with van der Waals surface area (Å²) >= 11 is 0. The van der Waals surface area contributed by atoms with Crippen LogP contribution in [0.5, 0.6) is 0 Å². The molecule has 3 nitrogen and oxygen atoms in total. The van der Waals surface area contributed by atoms with E-state index in [1.165, 1.54) is 38.5 Å². The molecule has 1 saturated heterocycles. The molecule has 0 radical (unpaired) electrons. The average Bonchev–Trinajstić information content (AvgIpc) is 2.35. The molecule has 0 aromatic rings. The van der Waals surface area contributed by atoms with E-state index < -0.39 is 0 Å². The predicted octanol–water partition coefficient (Wildman–Crippen LogP) is 3.58. The molecule has 1 aliphatic carbocycles. The smallest absolute Gasteiger partial charge is 0.239 e. The minimum absolute atomic E-state index is 0.0437. The van der Waals surface area contributed by atoms with Crippen molar-refractivity contribution in [3.05, 3.63) is 0 Å². The Kier molecular flexibility index (Phi) is 5.02. The average molecular weight is 294 g/mol. The van der Waals surface area contributed by atoms with Crippen molar-refractivity contribution in [1.29, 1.82) is 0 Å². The number of carbonyl (C=O) groups is 1. The molecular weight excluding hydrogens is 260 g/mol. The van der Waals surface area contributed by atoms with E-state index in [1.54, 1.807) is 0 Å². The lowest BCUT2D eigenvalue weighted by molar-refractivity contribution is -0.134. The van der Waals surface area contributed by atoms with E-state index >= 15 is 0 Å². The summed E-state index contributed by atoms with van der Waals surface area (Å²) in [5.74, 6) is 0.302. The molecule has 0 bridgehead atoms. The van der Waals surface area contributed by atoms with Crippen LogP contribution in [0.2, 0.25) is 0 Å². The molecule has 21 heavy (non-hydrogen) atoms. The number of hydrogen-bond donors (Lipinski definition) is 1. The highest BCUT2D eigenvalue weighted by Gasteiger charge is 2.39. The van der Waals surface area contributed by atoms with E-state index in [-0.39, 0.29) is 6.04 Å². The third kappa shape index (κ3) is 4.70. The summed E-state index contributed by atoms with van der Waals surface area (Å²) in [7, 11) is 0. The number of rotatable bonds is 3. The summed E-state index contributed by atoms with van der Waals surface area (Å²) in [6.45, 7) is 13.4. The summed E-state index contributed by atoms with van der Waals surface area (Å²) in [5, 5.41) is 3.64. The maximum atomic E-state index is 12.6. The molecule has 1 aliphatic heterocycles. The summed E-state index contributed by atoms with van der Waals surface area (Å²) in [6.07, 6.45) is 7.23. The van der Waals surface area contributed by atoms with Gasteiger partial charge in [0.15, 0.2) is 0 Å². The van der Waals surface area contributed by atoms with Gasteiger partial charge in [-0.05, 0) is 56.3 Å². The summed E-state index contributed by atoms with van der Waals surface area (Å²) in [6, 6.07) is 0.422. The third-order valence-corrected chi connectivity index (χ3v) is 5.08. The van der Waals surface area contributed by atoms with E-state index in [1.807, 2.05) is 6.92 Å². The summed E-state index contributed by atoms with van der Waals surface area (Å²) in [5.41, 5.74) is 0.737. The highest BCUT2D eigenvalue weighted by atomic mass is 16.2. The second-order valence-corrected chi connectivity index (χ2v) is 8.88. The topological polar surface area (TPSA) is 32.3 Å². The van der Waals surface area contributed by atoms with Gasteiger partial charge in [0, 0.05) is 19.1 Å². The zero-order chi connectivity index (χ0) is 15.7. The maximum Gasteiger partial charge on any atom is 0.239 e. The Balaban J connectivity index is 1.92. The molecule has 1 N–H and O–H groups in total. The monoisotopic (exact) mass is 294 g/mol. The van der Waals surface area contributed by atoms with Crippen LogP contribution in [0.3, 0.4) is 0 Å². The molecule has 0 spiro atoms. The summed E-state index contributed by atoms with van der Waals surface area (Å²) in [4.78, 5) is 14.6. The van der Waals surface area contributed by atoms with Crippen LogP contribution in [0, 0.1) is 10.8 Å². The number of piperidine rings is 1. The van der Waals surface area contributed by atoms with Crippen molar-refractivity contribution in [2.75, 3.05) is 13.1 Å². The first-order valence-corrected chi connectivity index (χ1v) is 8.73. The predicted molar refractivity (Wildman–Crippen MR) is 88.2 cm³/mol. The van der Waals surface area contributed by atoms with E-state index in [4.69, 9.17) is 0 Å². The molecule has 1 saturated carbocycles. The van der Waals surface area contributed by atoms with Crippen molar-refractivity contribution in [3.63, 3.8) is 0 Å². The number of likely N-dealkylation sites (tertiary alicyclic amines) is 1. The van der Waals surface area contributed by atoms with Crippen molar-refractivity contribution in [3.8, 4) is 0 Å². The first-order valence-electron chi connectivity index (χ1n) is 8.73. The van der Waals surface area contributed by atoms with Gasteiger partial charge in [-0.25, -0.2) is 0 Å². The van der Waals surface area contributed by atoms with Crippen LogP contribution in [0.1, 0.15) is 73.1 Å². The van der Waals surface area contributed by atoms with E-state index in [2.05, 4.69) is 37.9 Å². The largest absolute Gasteiger partial charge is 0.341 e. The van der Waals surface area contributed by atoms with Crippen LogP contribution < -0.4 is 5.32 Å². The molecule has 3 heteroatoms. The van der Waals surface area contributed by atoms with Gasteiger partial charge in [-0.3, -0.25) is 4.79 Å². The standard InChI is InChI=1S/C18H34N2O/c1-14(16(21)20-9-7-6-8-10-20)19-15-11-17(2,3)13-18(4,5)12-15/h14-15,19H,6-13H2,1-5H3. The van der Waals surface area contributed by atoms with Crippen LogP contribution in [-0.2, 0) is 4.79 Å². The van der Waals surface area contributed by atoms with Gasteiger partial charge in [0.05, 0.1) is 6.04 Å². The zero-order valence-corrected chi connectivity index (χ0v) is 14.7. The van der Waals surface area contributed by atoms with Gasteiger partial charge < -0.3 is 10.2 Å². The van der Waals surface area contributed by atoms with E-state index in [9.17, 15) is 4.79 Å². The SMILES string of the molecule is CC(NC1CC(C)(C)CC(C)(C)C1)C(=O)N1CCCCC1. The van der Waals surface area contributed by atoms with Gasteiger partial charge in [-0.15, -0.1) is 0 Å². The van der Waals surface area contributed by atoms with Crippen molar-refractivity contribution in [1.82, 2.24) is 10.2 Å². The van der Waals surface area contributed by atoms with Gasteiger partial charge in [-0.1, -0.05) is 27.7 Å². The van der Waals surface area contributed by atoms with Crippen molar-refractivity contribution < 1.29 is 4.79 Å². The fraction of sp³-hybridized carbons (Fsp3) is 0.944. The molecule has 1 unspecified atom stereocenters. The lowest BCUT2D eigenvalue weighted by Gasteiger charge is -2.46. The molecule has 122 valence electrons. The number of amides is 1. The van der Waals surface area contributed by atoms with Crippen molar-refractivity contribution in [2.24, 2.45) is 10.8 Å². The van der Waals surface area contributed by atoms with Crippen LogP contribution in [0.4, 0.5) is 0 Å². The van der Waals surface area contributed by atoms with E-state index in [0.717, 1.165) is 13.1 Å². The normalized spacial score (nSPS) is 27.4. The Morgan fingerprint density at radius 1 is 1.05 bits per heavy atom. The van der Waals surface area contributed by atoms with Gasteiger partial charge in [-0.2, -0.15) is 0 Å². The molecule has 0 aromatic carbocycles. The quantitative estimate of drug-likeness (QED) is 0.863. The first kappa shape index (κ1) is 16.8. The number of nitrogens with one attached hydrogen (secondary N) is 1. The lowest BCUT2D eigenvalue weighted by atomic mass is 9.63. The molecule has 0 aromatic heterocycles. The van der Waals surface area contributed by atoms with Gasteiger partial charge in [0.25, 0.3) is 0 Å². The highest BCUT2D eigenvalue weighted by Crippen LogP contribution is 2.45. The van der Waals surface area contributed by atoms with Crippen LogP contribution in [0.25, 0.3) is 0 Å². The molecule has 2 aliphatic rings. The first-order chi connectivity index (χ1) is 9.69. The second kappa shape index (κ2) is 6.28.